The normalized spacial score (nSPS) is 12.5. The van der Waals surface area contributed by atoms with Crippen molar-refractivity contribution >= 4 is 11.6 Å². The van der Waals surface area contributed by atoms with Gasteiger partial charge in [-0.05, 0) is 18.1 Å². The lowest BCUT2D eigenvalue weighted by molar-refractivity contribution is 0.554. The van der Waals surface area contributed by atoms with Crippen molar-refractivity contribution in [2.45, 2.75) is 76.5 Å². The fourth-order valence-electron chi connectivity index (χ4n) is 2.39. The van der Waals surface area contributed by atoms with Crippen LogP contribution >= 0.6 is 11.6 Å². The van der Waals surface area contributed by atoms with Gasteiger partial charge in [0.2, 0.25) is 0 Å². The number of rotatable bonds is 11. The van der Waals surface area contributed by atoms with E-state index in [1.807, 2.05) is 18.2 Å². The van der Waals surface area contributed by atoms with Crippen LogP contribution in [0.2, 0.25) is 0 Å². The fourth-order valence-corrected chi connectivity index (χ4v) is 2.68. The second kappa shape index (κ2) is 11.3. The van der Waals surface area contributed by atoms with E-state index in [9.17, 15) is 0 Å². The standard InChI is InChI=1S/C18H28Cl/c1-2-3-4-5-6-7-8-9-13-16-18(19)17-14-11-10-12-15-17/h10-12,14,18H,2-9,13,16H2,1H3. The summed E-state index contributed by atoms with van der Waals surface area (Å²) in [6, 6.07) is 11.3. The van der Waals surface area contributed by atoms with Crippen LogP contribution in [-0.4, -0.2) is 0 Å². The average molecular weight is 280 g/mol. The second-order valence-electron chi connectivity index (χ2n) is 5.40. The molecule has 1 heteroatoms. The van der Waals surface area contributed by atoms with Gasteiger partial charge in [0.1, 0.15) is 0 Å². The second-order valence-corrected chi connectivity index (χ2v) is 5.93. The van der Waals surface area contributed by atoms with Crippen molar-refractivity contribution < 1.29 is 0 Å². The number of hydrogen-bond donors (Lipinski definition) is 0. The molecule has 1 atom stereocenters. The van der Waals surface area contributed by atoms with E-state index in [4.69, 9.17) is 11.6 Å². The van der Waals surface area contributed by atoms with Gasteiger partial charge in [0, 0.05) is 0 Å². The van der Waals surface area contributed by atoms with Crippen LogP contribution in [0.5, 0.6) is 0 Å². The third kappa shape index (κ3) is 8.31. The van der Waals surface area contributed by atoms with Gasteiger partial charge in [-0.15, -0.1) is 11.6 Å². The molecule has 1 rings (SSSR count). The highest BCUT2D eigenvalue weighted by atomic mass is 35.5. The zero-order valence-corrected chi connectivity index (χ0v) is 13.1. The highest BCUT2D eigenvalue weighted by Gasteiger charge is 2.06. The zero-order valence-electron chi connectivity index (χ0n) is 12.3. The summed E-state index contributed by atoms with van der Waals surface area (Å²) in [6.07, 6.45) is 13.4. The average Bonchev–Trinajstić information content (AvgIpc) is 2.46. The molecule has 0 nitrogen and oxygen atoms in total. The maximum atomic E-state index is 6.37. The summed E-state index contributed by atoms with van der Waals surface area (Å²) in [5, 5.41) is 0.144. The highest BCUT2D eigenvalue weighted by Crippen LogP contribution is 2.26. The largest absolute Gasteiger partial charge is 0.118 e. The Balaban J connectivity index is 1.93. The van der Waals surface area contributed by atoms with E-state index >= 15 is 0 Å². The van der Waals surface area contributed by atoms with E-state index in [1.165, 1.54) is 57.8 Å². The molecular weight excluding hydrogens is 252 g/mol. The molecule has 0 fully saturated rings. The van der Waals surface area contributed by atoms with Gasteiger partial charge >= 0.3 is 0 Å². The third-order valence-electron chi connectivity index (χ3n) is 3.63. The molecule has 0 bridgehead atoms. The number of alkyl halides is 1. The Morgan fingerprint density at radius 3 is 2.16 bits per heavy atom. The molecule has 1 unspecified atom stereocenters. The molecule has 0 heterocycles. The first-order valence-electron chi connectivity index (χ1n) is 7.95. The first kappa shape index (κ1) is 16.6. The Labute approximate surface area is 124 Å². The van der Waals surface area contributed by atoms with Crippen LogP contribution in [-0.2, 0) is 0 Å². The zero-order chi connectivity index (χ0) is 13.8. The van der Waals surface area contributed by atoms with E-state index < -0.39 is 0 Å². The monoisotopic (exact) mass is 279 g/mol. The van der Waals surface area contributed by atoms with Gasteiger partial charge in [0.05, 0.1) is 5.38 Å². The molecule has 0 amide bonds. The van der Waals surface area contributed by atoms with E-state index in [1.54, 1.807) is 0 Å². The van der Waals surface area contributed by atoms with Gasteiger partial charge in [0.15, 0.2) is 0 Å². The molecule has 1 aromatic carbocycles. The predicted molar refractivity (Wildman–Crippen MR) is 85.7 cm³/mol. The van der Waals surface area contributed by atoms with Crippen molar-refractivity contribution in [3.63, 3.8) is 0 Å². The Morgan fingerprint density at radius 1 is 0.947 bits per heavy atom. The van der Waals surface area contributed by atoms with Crippen LogP contribution in [0.1, 0.15) is 82.1 Å². The Morgan fingerprint density at radius 2 is 1.58 bits per heavy atom. The lowest BCUT2D eigenvalue weighted by Gasteiger charge is -2.09. The van der Waals surface area contributed by atoms with Crippen LogP contribution in [0.4, 0.5) is 0 Å². The van der Waals surface area contributed by atoms with E-state index in [0.29, 0.717) is 0 Å². The Hall–Kier alpha value is -0.490. The summed E-state index contributed by atoms with van der Waals surface area (Å²) >= 11 is 6.37. The molecule has 0 aromatic heterocycles. The molecule has 0 aliphatic heterocycles. The summed E-state index contributed by atoms with van der Waals surface area (Å²) in [7, 11) is 0. The molecule has 1 radical (unpaired) electrons. The van der Waals surface area contributed by atoms with Gasteiger partial charge < -0.3 is 0 Å². The molecule has 1 aromatic rings. The number of hydrogen-bond acceptors (Lipinski definition) is 0. The smallest absolute Gasteiger partial charge is 0.0591 e. The van der Waals surface area contributed by atoms with Crippen molar-refractivity contribution in [3.8, 4) is 0 Å². The minimum absolute atomic E-state index is 0.144. The molecule has 0 saturated carbocycles. The van der Waals surface area contributed by atoms with Crippen LogP contribution in [0, 0.1) is 6.07 Å². The molecule has 19 heavy (non-hydrogen) atoms. The van der Waals surface area contributed by atoms with Crippen molar-refractivity contribution in [2.24, 2.45) is 0 Å². The van der Waals surface area contributed by atoms with Crippen LogP contribution < -0.4 is 0 Å². The maximum absolute atomic E-state index is 6.37. The lowest BCUT2D eigenvalue weighted by atomic mass is 10.0. The topological polar surface area (TPSA) is 0 Å². The Kier molecular flexibility index (Phi) is 9.89. The molecule has 0 aliphatic rings. The first-order valence-corrected chi connectivity index (χ1v) is 8.39. The van der Waals surface area contributed by atoms with E-state index in [2.05, 4.69) is 19.1 Å². The maximum Gasteiger partial charge on any atom is 0.0591 e. The minimum Gasteiger partial charge on any atom is -0.118 e. The molecule has 107 valence electrons. The molecule has 0 spiro atoms. The predicted octanol–water partition coefficient (Wildman–Crippen LogP) is 6.69. The minimum atomic E-state index is 0.144. The van der Waals surface area contributed by atoms with Gasteiger partial charge in [-0.2, -0.15) is 0 Å². The first-order chi connectivity index (χ1) is 9.34. The van der Waals surface area contributed by atoms with Gasteiger partial charge in [0.25, 0.3) is 0 Å². The summed E-state index contributed by atoms with van der Waals surface area (Å²) in [5.41, 5.74) is 1.14. The number of unbranched alkanes of at least 4 members (excludes halogenated alkanes) is 8. The number of benzene rings is 1. The number of halogens is 1. The molecular formula is C18H28Cl. The highest BCUT2D eigenvalue weighted by molar-refractivity contribution is 6.20. The summed E-state index contributed by atoms with van der Waals surface area (Å²) in [5.74, 6) is 0. The lowest BCUT2D eigenvalue weighted by Crippen LogP contribution is -1.91. The SMILES string of the molecule is CCCCCCCCCCCC(Cl)c1[c]cccc1. The van der Waals surface area contributed by atoms with Crippen LogP contribution in [0.3, 0.4) is 0 Å². The van der Waals surface area contributed by atoms with Crippen LogP contribution in [0.15, 0.2) is 24.3 Å². The van der Waals surface area contributed by atoms with Crippen molar-refractivity contribution in [2.75, 3.05) is 0 Å². The third-order valence-corrected chi connectivity index (χ3v) is 4.09. The summed E-state index contributed by atoms with van der Waals surface area (Å²) in [6.45, 7) is 2.27. The van der Waals surface area contributed by atoms with Gasteiger partial charge in [-0.25, -0.2) is 0 Å². The van der Waals surface area contributed by atoms with Crippen molar-refractivity contribution in [3.05, 3.63) is 35.9 Å². The fraction of sp³-hybridized carbons (Fsp3) is 0.667. The summed E-state index contributed by atoms with van der Waals surface area (Å²) in [4.78, 5) is 0. The molecule has 0 N–H and O–H groups in total. The van der Waals surface area contributed by atoms with Crippen molar-refractivity contribution in [1.82, 2.24) is 0 Å². The van der Waals surface area contributed by atoms with Gasteiger partial charge in [-0.3, -0.25) is 0 Å². The van der Waals surface area contributed by atoms with E-state index in [0.717, 1.165) is 12.0 Å². The van der Waals surface area contributed by atoms with Gasteiger partial charge in [-0.1, -0.05) is 89.0 Å². The summed E-state index contributed by atoms with van der Waals surface area (Å²) < 4.78 is 0. The Bertz CT molecular complexity index is 294. The van der Waals surface area contributed by atoms with Crippen LogP contribution in [0.25, 0.3) is 0 Å². The molecule has 0 saturated heterocycles. The quantitative estimate of drug-likeness (QED) is 0.313. The molecule has 0 aliphatic carbocycles. The van der Waals surface area contributed by atoms with Crippen molar-refractivity contribution in [1.29, 1.82) is 0 Å². The van der Waals surface area contributed by atoms with E-state index in [-0.39, 0.29) is 5.38 Å².